The molecular weight excluding hydrogens is 352 g/mol. The topological polar surface area (TPSA) is 71.5 Å². The summed E-state index contributed by atoms with van der Waals surface area (Å²) in [6, 6.07) is 10.5. The van der Waals surface area contributed by atoms with Gasteiger partial charge in [0, 0.05) is 25.3 Å². The van der Waals surface area contributed by atoms with Gasteiger partial charge in [0.05, 0.1) is 0 Å². The molecule has 1 aliphatic rings. The molecule has 0 spiro atoms. The number of hydrogen-bond acceptors (Lipinski definition) is 5. The molecule has 1 aromatic carbocycles. The maximum atomic E-state index is 12.6. The smallest absolute Gasteiger partial charge is 0.387 e. The second kappa shape index (κ2) is 7.32. The van der Waals surface area contributed by atoms with Gasteiger partial charge in [-0.15, -0.1) is 0 Å². The highest BCUT2D eigenvalue weighted by Gasteiger charge is 2.29. The van der Waals surface area contributed by atoms with Crippen LogP contribution >= 0.6 is 0 Å². The zero-order valence-corrected chi connectivity index (χ0v) is 14.0. The van der Waals surface area contributed by atoms with Crippen molar-refractivity contribution >= 4 is 15.8 Å². The molecular formula is C16H17F2N3O3S. The lowest BCUT2D eigenvalue weighted by atomic mass is 10.3. The summed E-state index contributed by atoms with van der Waals surface area (Å²) in [4.78, 5) is 5.91. The maximum Gasteiger partial charge on any atom is 0.387 e. The lowest BCUT2D eigenvalue weighted by Crippen LogP contribution is -2.37. The van der Waals surface area contributed by atoms with Crippen molar-refractivity contribution in [2.24, 2.45) is 0 Å². The molecule has 1 N–H and O–H groups in total. The van der Waals surface area contributed by atoms with E-state index in [0.717, 1.165) is 5.82 Å². The molecule has 0 radical (unpaired) electrons. The van der Waals surface area contributed by atoms with E-state index in [4.69, 9.17) is 0 Å². The van der Waals surface area contributed by atoms with Gasteiger partial charge in [0.2, 0.25) is 10.0 Å². The van der Waals surface area contributed by atoms with E-state index in [2.05, 4.69) is 14.4 Å². The highest BCUT2D eigenvalue weighted by atomic mass is 32.2. The molecule has 2 aromatic rings. The number of benzene rings is 1. The minimum Gasteiger partial charge on any atom is -0.433 e. The Morgan fingerprint density at radius 2 is 1.96 bits per heavy atom. The van der Waals surface area contributed by atoms with Crippen molar-refractivity contribution in [2.75, 3.05) is 18.0 Å². The van der Waals surface area contributed by atoms with Crippen molar-refractivity contribution in [3.05, 3.63) is 48.7 Å². The lowest BCUT2D eigenvalue weighted by molar-refractivity contribution is -0.0517. The summed E-state index contributed by atoms with van der Waals surface area (Å²) in [6.45, 7) is -1.99. The van der Waals surface area contributed by atoms with Gasteiger partial charge >= 0.3 is 6.61 Å². The van der Waals surface area contributed by atoms with E-state index in [1.807, 2.05) is 17.0 Å². The number of aromatic nitrogens is 1. The van der Waals surface area contributed by atoms with Crippen LogP contribution in [0.15, 0.2) is 53.6 Å². The predicted octanol–water partition coefficient (Wildman–Crippen LogP) is 2.24. The molecule has 1 unspecified atom stereocenters. The minimum atomic E-state index is -3.98. The van der Waals surface area contributed by atoms with Gasteiger partial charge in [-0.2, -0.15) is 8.78 Å². The number of para-hydroxylation sites is 1. The highest BCUT2D eigenvalue weighted by Crippen LogP contribution is 2.26. The molecule has 6 nitrogen and oxygen atoms in total. The molecule has 0 amide bonds. The second-order valence-corrected chi connectivity index (χ2v) is 7.25. The molecule has 9 heteroatoms. The van der Waals surface area contributed by atoms with E-state index in [1.54, 1.807) is 12.3 Å². The number of halogens is 2. The fourth-order valence-corrected chi connectivity index (χ4v) is 4.15. The van der Waals surface area contributed by atoms with Crippen molar-refractivity contribution < 1.29 is 21.9 Å². The molecule has 0 aliphatic carbocycles. The lowest BCUT2D eigenvalue weighted by Gasteiger charge is -2.18. The Labute approximate surface area is 144 Å². The first-order valence-corrected chi connectivity index (χ1v) is 9.16. The number of ether oxygens (including phenoxy) is 1. The average molecular weight is 369 g/mol. The first-order valence-electron chi connectivity index (χ1n) is 7.68. The van der Waals surface area contributed by atoms with E-state index in [0.29, 0.717) is 19.5 Å². The van der Waals surface area contributed by atoms with Gasteiger partial charge in [0.15, 0.2) is 0 Å². The van der Waals surface area contributed by atoms with Crippen LogP contribution in [0.25, 0.3) is 0 Å². The molecule has 1 aliphatic heterocycles. The molecule has 1 saturated heterocycles. The third kappa shape index (κ3) is 4.23. The summed E-state index contributed by atoms with van der Waals surface area (Å²) in [5.41, 5.74) is 0. The predicted molar refractivity (Wildman–Crippen MR) is 88.3 cm³/mol. The zero-order chi connectivity index (χ0) is 17.9. The monoisotopic (exact) mass is 369 g/mol. The molecule has 1 atom stereocenters. The normalized spacial score (nSPS) is 17.9. The van der Waals surface area contributed by atoms with Crippen molar-refractivity contribution in [1.29, 1.82) is 0 Å². The fourth-order valence-electron chi connectivity index (χ4n) is 2.75. The SMILES string of the molecule is O=S(=O)(NC1CCN(c2ccccn2)C1)c1ccccc1OC(F)F. The molecule has 0 saturated carbocycles. The molecule has 1 fully saturated rings. The fraction of sp³-hybridized carbons (Fsp3) is 0.312. The number of rotatable bonds is 6. The van der Waals surface area contributed by atoms with Crippen molar-refractivity contribution in [3.8, 4) is 5.75 Å². The number of hydrogen-bond donors (Lipinski definition) is 1. The van der Waals surface area contributed by atoms with Crippen LogP contribution in [-0.2, 0) is 10.0 Å². The number of sulfonamides is 1. The Balaban J connectivity index is 1.73. The highest BCUT2D eigenvalue weighted by molar-refractivity contribution is 7.89. The van der Waals surface area contributed by atoms with Crippen LogP contribution in [0.5, 0.6) is 5.75 Å². The Morgan fingerprint density at radius 1 is 1.20 bits per heavy atom. The Bertz CT molecular complexity index is 818. The number of alkyl halides is 2. The largest absolute Gasteiger partial charge is 0.433 e. The molecule has 25 heavy (non-hydrogen) atoms. The first-order chi connectivity index (χ1) is 12.0. The second-order valence-electron chi connectivity index (χ2n) is 5.57. The van der Waals surface area contributed by atoms with Gasteiger partial charge in [0.25, 0.3) is 0 Å². The zero-order valence-electron chi connectivity index (χ0n) is 13.2. The van der Waals surface area contributed by atoms with Gasteiger partial charge in [-0.1, -0.05) is 18.2 Å². The van der Waals surface area contributed by atoms with E-state index < -0.39 is 16.6 Å². The molecule has 2 heterocycles. The molecule has 1 aromatic heterocycles. The van der Waals surface area contributed by atoms with E-state index in [9.17, 15) is 17.2 Å². The van der Waals surface area contributed by atoms with Gasteiger partial charge in [-0.05, 0) is 30.7 Å². The van der Waals surface area contributed by atoms with E-state index >= 15 is 0 Å². The molecule has 0 bridgehead atoms. The Morgan fingerprint density at radius 3 is 2.68 bits per heavy atom. The number of nitrogens with one attached hydrogen (secondary N) is 1. The van der Waals surface area contributed by atoms with Crippen LogP contribution in [0.3, 0.4) is 0 Å². The van der Waals surface area contributed by atoms with E-state index in [1.165, 1.54) is 24.3 Å². The van der Waals surface area contributed by atoms with Crippen LogP contribution in [0.4, 0.5) is 14.6 Å². The molecule has 3 rings (SSSR count). The quantitative estimate of drug-likeness (QED) is 0.846. The summed E-state index contributed by atoms with van der Waals surface area (Å²) in [5, 5.41) is 0. The summed E-state index contributed by atoms with van der Waals surface area (Å²) < 4.78 is 57.0. The van der Waals surface area contributed by atoms with Gasteiger partial charge < -0.3 is 9.64 Å². The van der Waals surface area contributed by atoms with Gasteiger partial charge in [-0.25, -0.2) is 18.1 Å². The standard InChI is InChI=1S/C16H17F2N3O3S/c17-16(18)24-13-5-1-2-6-14(13)25(22,23)20-12-8-10-21(11-12)15-7-3-4-9-19-15/h1-7,9,12,16,20H,8,10-11H2. The molecule has 134 valence electrons. The maximum absolute atomic E-state index is 12.6. The summed E-state index contributed by atoms with van der Waals surface area (Å²) in [7, 11) is -3.98. The summed E-state index contributed by atoms with van der Waals surface area (Å²) in [6.07, 6.45) is 2.26. The average Bonchev–Trinajstić information content (AvgIpc) is 3.03. The van der Waals surface area contributed by atoms with Gasteiger partial charge in [-0.3, -0.25) is 0 Å². The van der Waals surface area contributed by atoms with Gasteiger partial charge in [0.1, 0.15) is 16.5 Å². The van der Waals surface area contributed by atoms with Crippen molar-refractivity contribution in [2.45, 2.75) is 24.0 Å². The summed E-state index contributed by atoms with van der Waals surface area (Å²) in [5.74, 6) is 0.398. The van der Waals surface area contributed by atoms with Crippen LogP contribution in [0, 0.1) is 0 Å². The van der Waals surface area contributed by atoms with Crippen molar-refractivity contribution in [1.82, 2.24) is 9.71 Å². The van der Waals surface area contributed by atoms with Crippen LogP contribution < -0.4 is 14.4 Å². The first kappa shape index (κ1) is 17.6. The minimum absolute atomic E-state index is 0.299. The van der Waals surface area contributed by atoms with Crippen molar-refractivity contribution in [3.63, 3.8) is 0 Å². The number of anilines is 1. The van der Waals surface area contributed by atoms with Crippen LogP contribution in [0.2, 0.25) is 0 Å². The van der Waals surface area contributed by atoms with Crippen LogP contribution in [-0.4, -0.2) is 39.1 Å². The Hall–Kier alpha value is -2.26. The third-order valence-electron chi connectivity index (χ3n) is 3.84. The number of nitrogens with zero attached hydrogens (tertiary/aromatic N) is 2. The van der Waals surface area contributed by atoms with E-state index in [-0.39, 0.29) is 16.7 Å². The Kier molecular flexibility index (Phi) is 5.14. The van der Waals surface area contributed by atoms with Crippen LogP contribution in [0.1, 0.15) is 6.42 Å². The number of pyridine rings is 1. The third-order valence-corrected chi connectivity index (χ3v) is 5.40. The summed E-state index contributed by atoms with van der Waals surface area (Å²) >= 11 is 0.